The lowest BCUT2D eigenvalue weighted by Crippen LogP contribution is -2.26. The maximum Gasteiger partial charge on any atom is 0.261 e. The van der Waals surface area contributed by atoms with E-state index in [2.05, 4.69) is 15.3 Å². The summed E-state index contributed by atoms with van der Waals surface area (Å²) in [4.78, 5) is 33.2. The van der Waals surface area contributed by atoms with Crippen molar-refractivity contribution in [3.63, 3.8) is 0 Å². The zero-order chi connectivity index (χ0) is 24.0. The number of amides is 1. The van der Waals surface area contributed by atoms with E-state index >= 15 is 0 Å². The molecule has 5 aromatic rings. The summed E-state index contributed by atoms with van der Waals surface area (Å²) in [6.07, 6.45) is 3.27. The van der Waals surface area contributed by atoms with Crippen molar-refractivity contribution < 1.29 is 13.9 Å². The molecule has 2 aromatic carbocycles. The van der Waals surface area contributed by atoms with Crippen molar-refractivity contribution in [3.05, 3.63) is 93.2 Å². The standard InChI is InChI=1S/C25H18ClFN4O3/c1-13-22(23(32)17-11-14(26)3-5-19(17)31(13)2)25(33)30-15-4-6-21(18(27)12-15)34-20-8-10-29-24-16(20)7-9-28-24/h3-12H,1-2H3,(H,28,29)(H,30,33). The number of carbonyl (C=O) groups excluding carboxylic acids is 1. The molecule has 5 rings (SSSR count). The third-order valence-corrected chi connectivity index (χ3v) is 5.95. The number of fused-ring (bicyclic) bond motifs is 2. The van der Waals surface area contributed by atoms with Gasteiger partial charge in [-0.05, 0) is 49.4 Å². The minimum atomic E-state index is -0.673. The van der Waals surface area contributed by atoms with Gasteiger partial charge in [-0.1, -0.05) is 11.6 Å². The van der Waals surface area contributed by atoms with Gasteiger partial charge in [0.25, 0.3) is 5.91 Å². The average Bonchev–Trinajstić information content (AvgIpc) is 3.29. The van der Waals surface area contributed by atoms with Gasteiger partial charge >= 0.3 is 0 Å². The number of rotatable bonds is 4. The van der Waals surface area contributed by atoms with Gasteiger partial charge in [0.1, 0.15) is 17.0 Å². The predicted octanol–water partition coefficient (Wildman–Crippen LogP) is 5.56. The van der Waals surface area contributed by atoms with Gasteiger partial charge in [0, 0.05) is 47.3 Å². The Labute approximate surface area is 197 Å². The normalized spacial score (nSPS) is 11.2. The fraction of sp³-hybridized carbons (Fsp3) is 0.0800. The van der Waals surface area contributed by atoms with Crippen LogP contribution in [-0.4, -0.2) is 20.4 Å². The topological polar surface area (TPSA) is 89.0 Å². The van der Waals surface area contributed by atoms with Crippen molar-refractivity contribution in [1.29, 1.82) is 0 Å². The smallest absolute Gasteiger partial charge is 0.261 e. The second-order valence-corrected chi connectivity index (χ2v) is 8.20. The molecule has 0 spiro atoms. The number of carbonyl (C=O) groups is 1. The van der Waals surface area contributed by atoms with E-state index in [0.717, 1.165) is 6.07 Å². The van der Waals surface area contributed by atoms with E-state index in [0.29, 0.717) is 38.4 Å². The Hall–Kier alpha value is -4.17. The number of hydrogen-bond donors (Lipinski definition) is 2. The fourth-order valence-corrected chi connectivity index (χ4v) is 4.07. The molecule has 0 atom stereocenters. The van der Waals surface area contributed by atoms with Gasteiger partial charge in [-0.3, -0.25) is 9.59 Å². The summed E-state index contributed by atoms with van der Waals surface area (Å²) >= 11 is 6.05. The number of ether oxygens (including phenoxy) is 1. The van der Waals surface area contributed by atoms with Crippen LogP contribution in [0, 0.1) is 12.7 Å². The molecule has 0 bridgehead atoms. The number of aromatic amines is 1. The quantitative estimate of drug-likeness (QED) is 0.355. The Morgan fingerprint density at radius 1 is 1.12 bits per heavy atom. The third kappa shape index (κ3) is 3.68. The molecule has 1 amide bonds. The highest BCUT2D eigenvalue weighted by Crippen LogP contribution is 2.31. The van der Waals surface area contributed by atoms with Crippen LogP contribution in [0.3, 0.4) is 0 Å². The number of halogens is 2. The molecule has 0 radical (unpaired) electrons. The number of nitrogens with one attached hydrogen (secondary N) is 2. The molecule has 7 nitrogen and oxygen atoms in total. The molecule has 0 aliphatic heterocycles. The Balaban J connectivity index is 1.45. The van der Waals surface area contributed by atoms with Crippen LogP contribution in [0.4, 0.5) is 10.1 Å². The van der Waals surface area contributed by atoms with E-state index in [1.165, 1.54) is 18.2 Å². The summed E-state index contributed by atoms with van der Waals surface area (Å²) in [5, 5.41) is 4.04. The molecule has 3 aromatic heterocycles. The second kappa shape index (κ2) is 8.31. The summed E-state index contributed by atoms with van der Waals surface area (Å²) in [7, 11) is 1.76. The molecule has 34 heavy (non-hydrogen) atoms. The first-order valence-corrected chi connectivity index (χ1v) is 10.7. The molecule has 3 heterocycles. The highest BCUT2D eigenvalue weighted by Gasteiger charge is 2.20. The average molecular weight is 477 g/mol. The highest BCUT2D eigenvalue weighted by atomic mass is 35.5. The first-order chi connectivity index (χ1) is 16.3. The number of nitrogens with zero attached hydrogens (tertiary/aromatic N) is 2. The van der Waals surface area contributed by atoms with Crippen LogP contribution in [0.15, 0.2) is 65.7 Å². The van der Waals surface area contributed by atoms with Gasteiger partial charge in [-0.15, -0.1) is 0 Å². The number of anilines is 1. The maximum atomic E-state index is 14.8. The van der Waals surface area contributed by atoms with Crippen LogP contribution in [0.2, 0.25) is 5.02 Å². The molecule has 9 heteroatoms. The predicted molar refractivity (Wildman–Crippen MR) is 129 cm³/mol. The molecule has 0 aliphatic carbocycles. The van der Waals surface area contributed by atoms with Gasteiger partial charge in [0.05, 0.1) is 10.9 Å². The van der Waals surface area contributed by atoms with Gasteiger partial charge in [0.2, 0.25) is 5.43 Å². The van der Waals surface area contributed by atoms with Crippen molar-refractivity contribution in [3.8, 4) is 11.5 Å². The summed E-state index contributed by atoms with van der Waals surface area (Å²) < 4.78 is 22.3. The Bertz CT molecular complexity index is 1660. The number of aryl methyl sites for hydroxylation is 1. The van der Waals surface area contributed by atoms with E-state index < -0.39 is 17.2 Å². The van der Waals surface area contributed by atoms with Crippen molar-refractivity contribution in [2.75, 3.05) is 5.32 Å². The van der Waals surface area contributed by atoms with E-state index in [1.807, 2.05) is 0 Å². The molecule has 0 saturated heterocycles. The number of aromatic nitrogens is 3. The minimum absolute atomic E-state index is 0.0147. The summed E-state index contributed by atoms with van der Waals surface area (Å²) in [5.74, 6) is -0.889. The van der Waals surface area contributed by atoms with E-state index in [9.17, 15) is 14.0 Å². The summed E-state index contributed by atoms with van der Waals surface area (Å²) in [6.45, 7) is 1.68. The number of benzene rings is 2. The van der Waals surface area contributed by atoms with Crippen LogP contribution in [-0.2, 0) is 7.05 Å². The van der Waals surface area contributed by atoms with Crippen molar-refractivity contribution in [2.24, 2.45) is 7.05 Å². The number of pyridine rings is 2. The number of hydrogen-bond acceptors (Lipinski definition) is 4. The van der Waals surface area contributed by atoms with Crippen molar-refractivity contribution in [2.45, 2.75) is 6.92 Å². The molecule has 0 unspecified atom stereocenters. The van der Waals surface area contributed by atoms with Crippen LogP contribution in [0.1, 0.15) is 16.1 Å². The van der Waals surface area contributed by atoms with Crippen LogP contribution >= 0.6 is 11.6 Å². The van der Waals surface area contributed by atoms with E-state index in [-0.39, 0.29) is 17.0 Å². The highest BCUT2D eigenvalue weighted by molar-refractivity contribution is 6.31. The zero-order valence-corrected chi connectivity index (χ0v) is 18.9. The van der Waals surface area contributed by atoms with Crippen molar-refractivity contribution in [1.82, 2.24) is 14.5 Å². The van der Waals surface area contributed by atoms with Crippen LogP contribution in [0.5, 0.6) is 11.5 Å². The fourth-order valence-electron chi connectivity index (χ4n) is 3.90. The lowest BCUT2D eigenvalue weighted by molar-refractivity contribution is 0.102. The van der Waals surface area contributed by atoms with E-state index in [1.54, 1.807) is 55.2 Å². The Morgan fingerprint density at radius 2 is 1.94 bits per heavy atom. The summed E-state index contributed by atoms with van der Waals surface area (Å²) in [6, 6.07) is 12.4. The van der Waals surface area contributed by atoms with E-state index in [4.69, 9.17) is 16.3 Å². The first-order valence-electron chi connectivity index (χ1n) is 10.3. The first kappa shape index (κ1) is 21.7. The lowest BCUT2D eigenvalue weighted by atomic mass is 10.1. The monoisotopic (exact) mass is 476 g/mol. The molecule has 170 valence electrons. The Kier molecular flexibility index (Phi) is 5.30. The Morgan fingerprint density at radius 3 is 2.74 bits per heavy atom. The molecule has 0 aliphatic rings. The second-order valence-electron chi connectivity index (χ2n) is 7.76. The zero-order valence-electron chi connectivity index (χ0n) is 18.1. The van der Waals surface area contributed by atoms with Gasteiger partial charge in [-0.25, -0.2) is 9.37 Å². The number of H-pyrrole nitrogens is 1. The maximum absolute atomic E-state index is 14.8. The van der Waals surface area contributed by atoms with Crippen molar-refractivity contribution >= 4 is 45.1 Å². The van der Waals surface area contributed by atoms with Gasteiger partial charge < -0.3 is 19.6 Å². The molecule has 0 saturated carbocycles. The lowest BCUT2D eigenvalue weighted by Gasteiger charge is -2.15. The van der Waals surface area contributed by atoms with Crippen LogP contribution < -0.4 is 15.5 Å². The third-order valence-electron chi connectivity index (χ3n) is 5.71. The molecule has 0 fully saturated rings. The van der Waals surface area contributed by atoms with Crippen LogP contribution in [0.25, 0.3) is 21.9 Å². The minimum Gasteiger partial charge on any atom is -0.453 e. The largest absolute Gasteiger partial charge is 0.453 e. The van der Waals surface area contributed by atoms with Gasteiger partial charge in [-0.2, -0.15) is 0 Å². The molecular formula is C25H18ClFN4O3. The molecule has 2 N–H and O–H groups in total. The van der Waals surface area contributed by atoms with Gasteiger partial charge in [0.15, 0.2) is 11.6 Å². The molecular weight excluding hydrogens is 459 g/mol. The summed E-state index contributed by atoms with van der Waals surface area (Å²) in [5.41, 5.74) is 1.46. The SMILES string of the molecule is Cc1c(C(=O)Nc2ccc(Oc3ccnc4[nH]ccc34)c(F)c2)c(=O)c2cc(Cl)ccc2n1C.